The molecule has 0 aliphatic carbocycles. The van der Waals surface area contributed by atoms with Gasteiger partial charge in [0.1, 0.15) is 12.7 Å². The molecule has 0 spiro atoms. The van der Waals surface area contributed by atoms with E-state index in [9.17, 15) is 28.8 Å². The average molecular weight is 571 g/mol. The smallest absolute Gasteiger partial charge is 0.303 e. The first-order chi connectivity index (χ1) is 18.2. The molecule has 2 rings (SSSR count). The van der Waals surface area contributed by atoms with Crippen molar-refractivity contribution < 1.29 is 47.7 Å². The monoisotopic (exact) mass is 570 g/mol. The number of nitrogens with zero attached hydrogens (tertiary/aromatic N) is 2. The number of aromatic amines is 1. The van der Waals surface area contributed by atoms with Crippen molar-refractivity contribution in [2.24, 2.45) is 4.99 Å². The minimum Gasteiger partial charge on any atom is -0.463 e. The molecule has 1 saturated heterocycles. The quantitative estimate of drug-likeness (QED) is 0.131. The van der Waals surface area contributed by atoms with Gasteiger partial charge in [-0.3, -0.25) is 33.8 Å². The van der Waals surface area contributed by atoms with E-state index in [1.165, 1.54) is 13.8 Å². The molecule has 1 fully saturated rings. The van der Waals surface area contributed by atoms with Crippen molar-refractivity contribution in [2.45, 2.75) is 77.3 Å². The number of hydrogen-bond acceptors (Lipinski definition) is 15. The Kier molecular flexibility index (Phi) is 11.2. The zero-order chi connectivity index (χ0) is 29.4. The van der Waals surface area contributed by atoms with E-state index in [1.54, 1.807) is 6.26 Å². The lowest BCUT2D eigenvalue weighted by molar-refractivity contribution is -0.247. The molecule has 0 saturated carbocycles. The molecule has 1 aliphatic heterocycles. The van der Waals surface area contributed by atoms with Gasteiger partial charge in [0, 0.05) is 34.6 Å². The zero-order valence-electron chi connectivity index (χ0n) is 22.4. The second-order valence-corrected chi connectivity index (χ2v) is 9.08. The molecule has 39 heavy (non-hydrogen) atoms. The van der Waals surface area contributed by atoms with E-state index < -0.39 is 72.5 Å². The Hall–Kier alpha value is -3.79. The first-order valence-corrected chi connectivity index (χ1v) is 12.8. The van der Waals surface area contributed by atoms with E-state index >= 15 is 0 Å². The van der Waals surface area contributed by atoms with Crippen molar-refractivity contribution in [3.63, 3.8) is 0 Å². The molecule has 5 atom stereocenters. The van der Waals surface area contributed by atoms with Crippen LogP contribution in [0, 0.1) is 0 Å². The van der Waals surface area contributed by atoms with Crippen LogP contribution in [0.1, 0.15) is 41.5 Å². The summed E-state index contributed by atoms with van der Waals surface area (Å²) in [6, 6.07) is 0. The Morgan fingerprint density at radius 2 is 1.49 bits per heavy atom. The van der Waals surface area contributed by atoms with Gasteiger partial charge >= 0.3 is 23.9 Å². The fourth-order valence-electron chi connectivity index (χ4n) is 3.47. The number of hydrogen-bond donors (Lipinski definition) is 2. The molecule has 0 bridgehead atoms. The van der Waals surface area contributed by atoms with E-state index in [0.29, 0.717) is 0 Å². The van der Waals surface area contributed by atoms with Gasteiger partial charge in [0.2, 0.25) is 0 Å². The van der Waals surface area contributed by atoms with Crippen LogP contribution in [0.5, 0.6) is 0 Å². The number of aliphatic imine (C=N–C) groups is 1. The topological polar surface area (TPSA) is 202 Å². The lowest BCUT2D eigenvalue weighted by atomic mass is 9.97. The summed E-state index contributed by atoms with van der Waals surface area (Å²) in [6.45, 7) is 6.67. The van der Waals surface area contributed by atoms with E-state index in [2.05, 4.69) is 20.3 Å². The Bertz CT molecular complexity index is 1210. The lowest BCUT2D eigenvalue weighted by Crippen LogP contribution is -2.64. The third-order valence-electron chi connectivity index (χ3n) is 5.13. The van der Waals surface area contributed by atoms with Crippen LogP contribution in [0.3, 0.4) is 0 Å². The Morgan fingerprint density at radius 3 is 2.00 bits per heavy atom. The highest BCUT2D eigenvalue weighted by atomic mass is 32.2. The maximum absolute atomic E-state index is 12.8. The second-order valence-electron chi connectivity index (χ2n) is 8.29. The normalized spacial score (nSPS) is 22.8. The minimum atomic E-state index is -1.45. The standard InChI is InChI=1S/C23H30N4O11S/c1-9(10(2)28)24-16-20(26-23(39-7)27-21(16)33)25-22-19(37-14(6)32)18(36-13(5)31)17(35-12(4)30)15(38-22)8-34-11(3)29/h15,17-19,22H,8H2,1-7H3,(H2,25,26,27,33)/t15-,17+,18+,19+,22+/m0/s1. The van der Waals surface area contributed by atoms with Crippen molar-refractivity contribution in [1.82, 2.24) is 9.97 Å². The van der Waals surface area contributed by atoms with Crippen molar-refractivity contribution in [3.05, 3.63) is 10.4 Å². The minimum absolute atomic E-state index is 0.00352. The fraction of sp³-hybridized carbons (Fsp3) is 0.565. The highest BCUT2D eigenvalue weighted by Crippen LogP contribution is 2.31. The van der Waals surface area contributed by atoms with Crippen LogP contribution in [0.4, 0.5) is 11.5 Å². The van der Waals surface area contributed by atoms with E-state index in [0.717, 1.165) is 39.5 Å². The molecule has 0 amide bonds. The third-order valence-corrected chi connectivity index (χ3v) is 5.71. The molecule has 16 heteroatoms. The highest BCUT2D eigenvalue weighted by Gasteiger charge is 2.52. The average Bonchev–Trinajstić information content (AvgIpc) is 2.82. The Morgan fingerprint density at radius 1 is 0.923 bits per heavy atom. The zero-order valence-corrected chi connectivity index (χ0v) is 23.2. The predicted octanol–water partition coefficient (Wildman–Crippen LogP) is 0.668. The van der Waals surface area contributed by atoms with Crippen LogP contribution < -0.4 is 10.9 Å². The number of thioether (sulfide) groups is 1. The van der Waals surface area contributed by atoms with Crippen LogP contribution >= 0.6 is 11.8 Å². The maximum atomic E-state index is 12.8. The molecule has 2 N–H and O–H groups in total. The van der Waals surface area contributed by atoms with Gasteiger partial charge in [-0.05, 0) is 13.2 Å². The van der Waals surface area contributed by atoms with Crippen molar-refractivity contribution in [3.8, 4) is 0 Å². The van der Waals surface area contributed by atoms with Gasteiger partial charge in [-0.2, -0.15) is 0 Å². The fourth-order valence-corrected chi connectivity index (χ4v) is 3.85. The van der Waals surface area contributed by atoms with Crippen LogP contribution in [0.2, 0.25) is 0 Å². The summed E-state index contributed by atoms with van der Waals surface area (Å²) in [6.07, 6.45) is -5.22. The third kappa shape index (κ3) is 8.88. The summed E-state index contributed by atoms with van der Waals surface area (Å²) in [4.78, 5) is 83.0. The molecule has 1 aromatic heterocycles. The lowest BCUT2D eigenvalue weighted by Gasteiger charge is -2.44. The molecule has 0 radical (unpaired) electrons. The molecule has 1 aromatic rings. The predicted molar refractivity (Wildman–Crippen MR) is 136 cm³/mol. The van der Waals surface area contributed by atoms with Gasteiger partial charge in [-0.15, -0.1) is 0 Å². The van der Waals surface area contributed by atoms with E-state index in [-0.39, 0.29) is 22.4 Å². The van der Waals surface area contributed by atoms with E-state index in [4.69, 9.17) is 23.7 Å². The number of nitrogens with one attached hydrogen (secondary N) is 2. The first kappa shape index (κ1) is 31.4. The van der Waals surface area contributed by atoms with Crippen molar-refractivity contribution >= 4 is 58.6 Å². The molecular formula is C23H30N4O11S. The summed E-state index contributed by atoms with van der Waals surface area (Å²) in [5.74, 6) is -3.62. The number of ketones is 1. The number of ether oxygens (including phenoxy) is 5. The van der Waals surface area contributed by atoms with Gasteiger partial charge in [-0.25, -0.2) is 9.98 Å². The summed E-state index contributed by atoms with van der Waals surface area (Å²) in [5, 5.41) is 3.00. The summed E-state index contributed by atoms with van der Waals surface area (Å²) >= 11 is 1.10. The van der Waals surface area contributed by atoms with Crippen molar-refractivity contribution in [1.29, 1.82) is 0 Å². The highest BCUT2D eigenvalue weighted by molar-refractivity contribution is 7.98. The van der Waals surface area contributed by atoms with Gasteiger partial charge in [-0.1, -0.05) is 11.8 Å². The maximum Gasteiger partial charge on any atom is 0.303 e. The van der Waals surface area contributed by atoms with Gasteiger partial charge in [0.05, 0.1) is 5.71 Å². The molecule has 214 valence electrons. The number of H-pyrrole nitrogens is 1. The molecule has 1 aliphatic rings. The Labute approximate surface area is 227 Å². The second kappa shape index (κ2) is 13.8. The van der Waals surface area contributed by atoms with Gasteiger partial charge in [0.25, 0.3) is 5.56 Å². The van der Waals surface area contributed by atoms with Gasteiger partial charge in [0.15, 0.2) is 47.0 Å². The molecular weight excluding hydrogens is 540 g/mol. The van der Waals surface area contributed by atoms with Gasteiger partial charge < -0.3 is 29.0 Å². The number of esters is 4. The number of anilines is 1. The number of carbonyl (C=O) groups is 5. The number of rotatable bonds is 10. The number of carbonyl (C=O) groups excluding carboxylic acids is 5. The van der Waals surface area contributed by atoms with Crippen molar-refractivity contribution in [2.75, 3.05) is 18.2 Å². The molecule has 0 aromatic carbocycles. The van der Waals surface area contributed by atoms with Crippen LogP contribution in [0.15, 0.2) is 14.9 Å². The summed E-state index contributed by atoms with van der Waals surface area (Å²) < 4.78 is 27.2. The van der Waals surface area contributed by atoms with Crippen LogP contribution in [0.25, 0.3) is 0 Å². The van der Waals surface area contributed by atoms with Crippen LogP contribution in [-0.4, -0.2) is 88.8 Å². The largest absolute Gasteiger partial charge is 0.463 e. The Balaban J connectivity index is 2.69. The summed E-state index contributed by atoms with van der Waals surface area (Å²) in [7, 11) is 0. The summed E-state index contributed by atoms with van der Waals surface area (Å²) in [5.41, 5.74) is -0.972. The molecule has 15 nitrogen and oxygen atoms in total. The molecule has 0 unspecified atom stereocenters. The number of Topliss-reactive ketones (excluding diaryl/α,β-unsaturated/α-hetero) is 1. The van der Waals surface area contributed by atoms with Crippen LogP contribution in [-0.2, 0) is 47.7 Å². The first-order valence-electron chi connectivity index (χ1n) is 11.5. The number of aromatic nitrogens is 2. The SMILES string of the molecule is CSc1nc(N[C@@H]2O[C@@H](COC(C)=O)[C@@H](OC(C)=O)[C@@H](OC(C)=O)[C@H]2OC(C)=O)c(N=C(C)C(C)=O)c(=O)[nH]1. The molecule has 2 heterocycles. The van der Waals surface area contributed by atoms with E-state index in [1.807, 2.05) is 0 Å².